The minimum Gasteiger partial charge on any atom is -0.339 e. The van der Waals surface area contributed by atoms with Gasteiger partial charge in [-0.2, -0.15) is 4.98 Å². The lowest BCUT2D eigenvalue weighted by molar-refractivity contribution is 0.0695. The first kappa shape index (κ1) is 17.5. The van der Waals surface area contributed by atoms with Gasteiger partial charge in [-0.05, 0) is 51.1 Å². The van der Waals surface area contributed by atoms with Crippen molar-refractivity contribution in [3.05, 3.63) is 47.4 Å². The molecule has 1 saturated heterocycles. The average Bonchev–Trinajstić information content (AvgIpc) is 3.10. The summed E-state index contributed by atoms with van der Waals surface area (Å²) in [4.78, 5) is 18.9. The van der Waals surface area contributed by atoms with Gasteiger partial charge in [-0.1, -0.05) is 5.16 Å². The average molecular weight is 346 g/mol. The van der Waals surface area contributed by atoms with Gasteiger partial charge in [0.2, 0.25) is 5.89 Å². The van der Waals surface area contributed by atoms with Crippen LogP contribution < -0.4 is 5.32 Å². The van der Waals surface area contributed by atoms with Crippen LogP contribution in [-0.2, 0) is 6.42 Å². The molecule has 0 radical (unpaired) electrons. The zero-order valence-corrected chi connectivity index (χ0v) is 14.5. The number of carbonyl (C=O) groups excluding carboxylic acids is 1. The molecular formula is C18H23FN4O2. The van der Waals surface area contributed by atoms with Crippen LogP contribution in [0.2, 0.25) is 0 Å². The number of nitrogens with one attached hydrogen (secondary N) is 1. The summed E-state index contributed by atoms with van der Waals surface area (Å²) in [6.45, 7) is 3.28. The van der Waals surface area contributed by atoms with Crippen molar-refractivity contribution in [3.8, 4) is 0 Å². The van der Waals surface area contributed by atoms with Crippen LogP contribution in [0.4, 0.5) is 4.39 Å². The molecule has 7 heteroatoms. The Labute approximate surface area is 146 Å². The van der Waals surface area contributed by atoms with E-state index in [2.05, 4.69) is 22.4 Å². The van der Waals surface area contributed by atoms with E-state index in [1.54, 1.807) is 4.90 Å². The van der Waals surface area contributed by atoms with Crippen LogP contribution in [0, 0.1) is 5.82 Å². The summed E-state index contributed by atoms with van der Waals surface area (Å²) in [6.07, 6.45) is 2.49. The molecule has 1 N–H and O–H groups in total. The molecule has 6 nitrogen and oxygen atoms in total. The molecule has 134 valence electrons. The molecule has 2 atom stereocenters. The van der Waals surface area contributed by atoms with Gasteiger partial charge in [-0.25, -0.2) is 4.39 Å². The van der Waals surface area contributed by atoms with Crippen LogP contribution in [0.5, 0.6) is 0 Å². The molecule has 0 aliphatic carbocycles. The van der Waals surface area contributed by atoms with E-state index in [9.17, 15) is 9.18 Å². The van der Waals surface area contributed by atoms with E-state index in [0.717, 1.165) is 12.8 Å². The van der Waals surface area contributed by atoms with Gasteiger partial charge in [0.15, 0.2) is 5.82 Å². The number of hydrogen-bond acceptors (Lipinski definition) is 5. The first-order chi connectivity index (χ1) is 12.1. The van der Waals surface area contributed by atoms with Gasteiger partial charge < -0.3 is 14.7 Å². The Morgan fingerprint density at radius 1 is 1.44 bits per heavy atom. The number of likely N-dealkylation sites (tertiary alicyclic amines) is 1. The van der Waals surface area contributed by atoms with Crippen molar-refractivity contribution in [2.24, 2.45) is 0 Å². The van der Waals surface area contributed by atoms with E-state index in [-0.39, 0.29) is 23.7 Å². The lowest BCUT2D eigenvalue weighted by atomic mass is 9.97. The molecule has 1 amide bonds. The van der Waals surface area contributed by atoms with Crippen molar-refractivity contribution in [1.29, 1.82) is 0 Å². The highest BCUT2D eigenvalue weighted by molar-refractivity contribution is 5.94. The largest absolute Gasteiger partial charge is 0.339 e. The van der Waals surface area contributed by atoms with Crippen LogP contribution in [0.25, 0.3) is 0 Å². The number of benzene rings is 1. The summed E-state index contributed by atoms with van der Waals surface area (Å²) >= 11 is 0. The Balaban J connectivity index is 1.66. The molecule has 2 heterocycles. The summed E-state index contributed by atoms with van der Waals surface area (Å²) in [5.41, 5.74) is 0.496. The maximum Gasteiger partial charge on any atom is 0.253 e. The van der Waals surface area contributed by atoms with Gasteiger partial charge in [-0.15, -0.1) is 0 Å². The summed E-state index contributed by atoms with van der Waals surface area (Å²) in [5, 5.41) is 7.19. The Hall–Kier alpha value is -2.28. The molecule has 3 rings (SSSR count). The summed E-state index contributed by atoms with van der Waals surface area (Å²) in [7, 11) is 1.89. The van der Waals surface area contributed by atoms with Crippen LogP contribution in [0.3, 0.4) is 0 Å². The molecule has 1 aromatic carbocycles. The van der Waals surface area contributed by atoms with Crippen LogP contribution in [0.15, 0.2) is 28.8 Å². The summed E-state index contributed by atoms with van der Waals surface area (Å²) in [6, 6.07) is 5.92. The van der Waals surface area contributed by atoms with E-state index in [4.69, 9.17) is 4.52 Å². The minimum absolute atomic E-state index is 0.0456. The third kappa shape index (κ3) is 4.22. The standard InChI is InChI=1S/C18H23FN4O2/c1-12(20-2)10-16-21-17(25-22-16)14-4-3-9-23(11-14)18(24)13-5-7-15(19)8-6-13/h5-8,12,14,20H,3-4,9-11H2,1-2H3. The lowest BCUT2D eigenvalue weighted by Gasteiger charge is -2.31. The predicted octanol–water partition coefficient (Wildman–Crippen LogP) is 2.38. The highest BCUT2D eigenvalue weighted by Crippen LogP contribution is 2.27. The van der Waals surface area contributed by atoms with Gasteiger partial charge in [0, 0.05) is 31.1 Å². The molecule has 0 spiro atoms. The van der Waals surface area contributed by atoms with Crippen molar-refractivity contribution in [3.63, 3.8) is 0 Å². The molecule has 2 aromatic rings. The Kier molecular flexibility index (Phi) is 5.43. The monoisotopic (exact) mass is 346 g/mol. The maximum absolute atomic E-state index is 13.0. The molecule has 1 fully saturated rings. The van der Waals surface area contributed by atoms with Crippen molar-refractivity contribution in [2.45, 2.75) is 38.1 Å². The van der Waals surface area contributed by atoms with E-state index < -0.39 is 0 Å². The molecule has 2 unspecified atom stereocenters. The van der Waals surface area contributed by atoms with E-state index >= 15 is 0 Å². The quantitative estimate of drug-likeness (QED) is 0.900. The minimum atomic E-state index is -0.345. The summed E-state index contributed by atoms with van der Waals surface area (Å²) < 4.78 is 18.5. The number of piperidine rings is 1. The molecule has 1 aromatic heterocycles. The second kappa shape index (κ2) is 7.74. The van der Waals surface area contributed by atoms with Crippen molar-refractivity contribution in [1.82, 2.24) is 20.4 Å². The van der Waals surface area contributed by atoms with Gasteiger partial charge in [0.05, 0.1) is 5.92 Å². The van der Waals surface area contributed by atoms with E-state index in [0.29, 0.717) is 36.8 Å². The van der Waals surface area contributed by atoms with Crippen LogP contribution in [0.1, 0.15) is 47.8 Å². The Morgan fingerprint density at radius 3 is 2.92 bits per heavy atom. The highest BCUT2D eigenvalue weighted by Gasteiger charge is 2.29. The molecule has 25 heavy (non-hydrogen) atoms. The normalized spacial score (nSPS) is 19.0. The first-order valence-corrected chi connectivity index (χ1v) is 8.61. The Bertz CT molecular complexity index is 716. The smallest absolute Gasteiger partial charge is 0.253 e. The second-order valence-corrected chi connectivity index (χ2v) is 6.54. The van der Waals surface area contributed by atoms with Gasteiger partial charge in [0.1, 0.15) is 5.82 Å². The van der Waals surface area contributed by atoms with Crippen LogP contribution in [-0.4, -0.2) is 47.1 Å². The number of rotatable bonds is 5. The van der Waals surface area contributed by atoms with Crippen LogP contribution >= 0.6 is 0 Å². The van der Waals surface area contributed by atoms with Gasteiger partial charge in [0.25, 0.3) is 5.91 Å². The fourth-order valence-electron chi connectivity index (χ4n) is 3.03. The topological polar surface area (TPSA) is 71.3 Å². The number of amides is 1. The zero-order valence-electron chi connectivity index (χ0n) is 14.5. The zero-order chi connectivity index (χ0) is 17.8. The highest BCUT2D eigenvalue weighted by atomic mass is 19.1. The number of hydrogen-bond donors (Lipinski definition) is 1. The molecule has 0 bridgehead atoms. The van der Waals surface area contributed by atoms with Crippen molar-refractivity contribution >= 4 is 5.91 Å². The fourth-order valence-corrected chi connectivity index (χ4v) is 3.03. The van der Waals surface area contributed by atoms with Gasteiger partial charge in [-0.3, -0.25) is 4.79 Å². The Morgan fingerprint density at radius 2 is 2.20 bits per heavy atom. The number of aromatic nitrogens is 2. The second-order valence-electron chi connectivity index (χ2n) is 6.54. The fraction of sp³-hybridized carbons (Fsp3) is 0.500. The van der Waals surface area contributed by atoms with Crippen molar-refractivity contribution in [2.75, 3.05) is 20.1 Å². The molecule has 0 saturated carbocycles. The molecule has 1 aliphatic rings. The van der Waals surface area contributed by atoms with Crippen molar-refractivity contribution < 1.29 is 13.7 Å². The first-order valence-electron chi connectivity index (χ1n) is 8.61. The van der Waals surface area contributed by atoms with E-state index in [1.807, 2.05) is 7.05 Å². The lowest BCUT2D eigenvalue weighted by Crippen LogP contribution is -2.39. The molecule has 1 aliphatic heterocycles. The van der Waals surface area contributed by atoms with Gasteiger partial charge >= 0.3 is 0 Å². The number of halogens is 1. The SMILES string of the molecule is CNC(C)Cc1noc(C2CCCN(C(=O)c3ccc(F)cc3)C2)n1. The number of nitrogens with zero attached hydrogens (tertiary/aromatic N) is 3. The predicted molar refractivity (Wildman–Crippen MR) is 90.8 cm³/mol. The third-order valence-electron chi connectivity index (χ3n) is 4.61. The molecular weight excluding hydrogens is 323 g/mol. The third-order valence-corrected chi connectivity index (χ3v) is 4.61. The van der Waals surface area contributed by atoms with E-state index in [1.165, 1.54) is 24.3 Å². The number of likely N-dealkylation sites (N-methyl/N-ethyl adjacent to an activating group) is 1. The summed E-state index contributed by atoms with van der Waals surface area (Å²) in [5.74, 6) is 0.883. The number of carbonyl (C=O) groups is 1. The maximum atomic E-state index is 13.0.